The van der Waals surface area contributed by atoms with Gasteiger partial charge in [0.25, 0.3) is 0 Å². The van der Waals surface area contributed by atoms with Gasteiger partial charge in [-0.05, 0) is 44.2 Å². The Bertz CT molecular complexity index is 742. The molecule has 5 N–H and O–H groups in total. The lowest BCUT2D eigenvalue weighted by Gasteiger charge is -2.15. The summed E-state index contributed by atoms with van der Waals surface area (Å²) in [6, 6.07) is 3.20. The molecule has 2 heterocycles. The molecular weight excluding hydrogens is 320 g/mol. The van der Waals surface area contributed by atoms with Gasteiger partial charge < -0.3 is 15.5 Å². The minimum absolute atomic E-state index is 0.194. The van der Waals surface area contributed by atoms with E-state index in [0.717, 1.165) is 13.0 Å². The average Bonchev–Trinajstić information content (AvgIpc) is 3.17. The Labute approximate surface area is 145 Å². The molecule has 0 spiro atoms. The molecule has 0 saturated carbocycles. The predicted molar refractivity (Wildman–Crippen MR) is 95.9 cm³/mol. The van der Waals surface area contributed by atoms with Crippen LogP contribution in [0.5, 0.6) is 0 Å². The smallest absolute Gasteiger partial charge is 0.305 e. The van der Waals surface area contributed by atoms with Crippen LogP contribution in [0.1, 0.15) is 42.7 Å². The first-order chi connectivity index (χ1) is 12.2. The van der Waals surface area contributed by atoms with Crippen molar-refractivity contribution in [1.29, 1.82) is 0 Å². The number of furan rings is 1. The summed E-state index contributed by atoms with van der Waals surface area (Å²) in [5.74, 6) is 0.649. The summed E-state index contributed by atoms with van der Waals surface area (Å²) < 4.78 is 5.01. The number of aromatic nitrogens is 2. The third kappa shape index (κ3) is 4.50. The molecule has 25 heavy (non-hydrogen) atoms. The van der Waals surface area contributed by atoms with Crippen LogP contribution < -0.4 is 21.9 Å². The van der Waals surface area contributed by atoms with Crippen molar-refractivity contribution in [2.75, 3.05) is 23.0 Å². The number of nitrogens with one attached hydrogen (secondary N) is 3. The van der Waals surface area contributed by atoms with E-state index >= 15 is 0 Å². The molecule has 0 fully saturated rings. The summed E-state index contributed by atoms with van der Waals surface area (Å²) in [5, 5.41) is 3.23. The van der Waals surface area contributed by atoms with Crippen LogP contribution in [0.15, 0.2) is 40.8 Å². The van der Waals surface area contributed by atoms with Crippen molar-refractivity contribution in [2.45, 2.75) is 32.1 Å². The third-order valence-electron chi connectivity index (χ3n) is 4.05. The number of carbonyl (C=O) groups is 1. The Kier molecular flexibility index (Phi) is 5.50. The highest BCUT2D eigenvalue weighted by atomic mass is 16.3. The number of allylic oxidation sites excluding steroid dienone is 1. The second-order valence-corrected chi connectivity index (χ2v) is 5.83. The van der Waals surface area contributed by atoms with Gasteiger partial charge in [0.1, 0.15) is 12.0 Å². The molecule has 8 nitrogen and oxygen atoms in total. The number of nitrogen functional groups attached to an aromatic ring is 1. The molecule has 1 aliphatic rings. The molecule has 0 saturated heterocycles. The van der Waals surface area contributed by atoms with Gasteiger partial charge in [0.05, 0.1) is 6.26 Å². The van der Waals surface area contributed by atoms with Crippen LogP contribution in [0.2, 0.25) is 0 Å². The minimum atomic E-state index is -0.415. The predicted octanol–water partition coefficient (Wildman–Crippen LogP) is 2.71. The lowest BCUT2D eigenvalue weighted by Crippen LogP contribution is -2.30. The SMILES string of the molecule is Nc1c(NCCC2=CCCCC2)ncnc1NNC(=O)c1ccco1. The van der Waals surface area contributed by atoms with E-state index in [4.69, 9.17) is 10.2 Å². The highest BCUT2D eigenvalue weighted by molar-refractivity contribution is 5.92. The van der Waals surface area contributed by atoms with Gasteiger partial charge in [-0.1, -0.05) is 11.6 Å². The minimum Gasteiger partial charge on any atom is -0.459 e. The zero-order valence-corrected chi connectivity index (χ0v) is 13.9. The highest BCUT2D eigenvalue weighted by Gasteiger charge is 2.11. The molecule has 0 radical (unpaired) electrons. The van der Waals surface area contributed by atoms with Crippen molar-refractivity contribution >= 4 is 23.2 Å². The maximum Gasteiger partial charge on any atom is 0.305 e. The highest BCUT2D eigenvalue weighted by Crippen LogP contribution is 2.23. The van der Waals surface area contributed by atoms with Crippen molar-refractivity contribution in [3.05, 3.63) is 42.1 Å². The van der Waals surface area contributed by atoms with E-state index in [2.05, 4.69) is 32.2 Å². The Morgan fingerprint density at radius 2 is 2.16 bits per heavy atom. The lowest BCUT2D eigenvalue weighted by molar-refractivity contribution is 0.0935. The number of carbonyl (C=O) groups excluding carboxylic acids is 1. The van der Waals surface area contributed by atoms with Crippen molar-refractivity contribution in [1.82, 2.24) is 15.4 Å². The van der Waals surface area contributed by atoms with Crippen LogP contribution in [-0.2, 0) is 0 Å². The Morgan fingerprint density at radius 1 is 1.28 bits per heavy atom. The molecule has 3 rings (SSSR count). The fourth-order valence-corrected chi connectivity index (χ4v) is 2.69. The van der Waals surface area contributed by atoms with Crippen molar-refractivity contribution in [3.63, 3.8) is 0 Å². The zero-order chi connectivity index (χ0) is 17.5. The van der Waals surface area contributed by atoms with Crippen molar-refractivity contribution < 1.29 is 9.21 Å². The summed E-state index contributed by atoms with van der Waals surface area (Å²) in [7, 11) is 0. The number of hydrazine groups is 1. The molecule has 8 heteroatoms. The summed E-state index contributed by atoms with van der Waals surface area (Å²) in [4.78, 5) is 20.1. The van der Waals surface area contributed by atoms with Gasteiger partial charge >= 0.3 is 5.91 Å². The van der Waals surface area contributed by atoms with Crippen LogP contribution in [0.4, 0.5) is 17.3 Å². The molecule has 1 amide bonds. The number of hydrogen-bond acceptors (Lipinski definition) is 7. The van der Waals surface area contributed by atoms with Gasteiger partial charge in [-0.25, -0.2) is 9.97 Å². The van der Waals surface area contributed by atoms with E-state index in [1.807, 2.05) is 0 Å². The number of anilines is 3. The maximum atomic E-state index is 11.8. The van der Waals surface area contributed by atoms with Gasteiger partial charge in [-0.3, -0.25) is 15.6 Å². The average molecular weight is 342 g/mol. The van der Waals surface area contributed by atoms with Gasteiger partial charge in [-0.2, -0.15) is 0 Å². The van der Waals surface area contributed by atoms with Crippen LogP contribution in [0.3, 0.4) is 0 Å². The standard InChI is InChI=1S/C17H22N6O2/c18-14-15(19-9-8-12-5-2-1-3-6-12)20-11-21-16(14)22-23-17(24)13-7-4-10-25-13/h4-5,7,10-11H,1-3,6,8-9,18H2,(H,23,24)(H2,19,20,21,22). The van der Waals surface area contributed by atoms with Gasteiger partial charge in [0.2, 0.25) is 0 Å². The first kappa shape index (κ1) is 16.8. The van der Waals surface area contributed by atoms with Gasteiger partial charge in [0, 0.05) is 6.54 Å². The number of nitrogens with zero attached hydrogens (tertiary/aromatic N) is 2. The molecule has 0 bridgehead atoms. The topological polar surface area (TPSA) is 118 Å². The Hall–Kier alpha value is -3.03. The van der Waals surface area contributed by atoms with Crippen LogP contribution in [-0.4, -0.2) is 22.4 Å². The second kappa shape index (κ2) is 8.18. The number of rotatable bonds is 7. The largest absolute Gasteiger partial charge is 0.459 e. The molecule has 0 aliphatic heterocycles. The summed E-state index contributed by atoms with van der Waals surface area (Å²) in [6.45, 7) is 0.755. The molecule has 0 atom stereocenters. The first-order valence-electron chi connectivity index (χ1n) is 8.36. The van der Waals surface area contributed by atoms with Crippen molar-refractivity contribution in [2.24, 2.45) is 0 Å². The fourth-order valence-electron chi connectivity index (χ4n) is 2.69. The van der Waals surface area contributed by atoms with E-state index < -0.39 is 5.91 Å². The van der Waals surface area contributed by atoms with E-state index in [1.54, 1.807) is 12.1 Å². The van der Waals surface area contributed by atoms with E-state index in [1.165, 1.54) is 43.8 Å². The monoisotopic (exact) mass is 342 g/mol. The van der Waals surface area contributed by atoms with E-state index in [9.17, 15) is 4.79 Å². The molecular formula is C17H22N6O2. The molecule has 1 aliphatic carbocycles. The van der Waals surface area contributed by atoms with E-state index in [-0.39, 0.29) is 5.76 Å². The van der Waals surface area contributed by atoms with Gasteiger partial charge in [-0.15, -0.1) is 0 Å². The molecule has 2 aromatic heterocycles. The molecule has 0 unspecified atom stereocenters. The second-order valence-electron chi connectivity index (χ2n) is 5.83. The quantitative estimate of drug-likeness (QED) is 0.451. The fraction of sp³-hybridized carbons (Fsp3) is 0.353. The Balaban J connectivity index is 1.54. The van der Waals surface area contributed by atoms with Crippen LogP contribution in [0, 0.1) is 0 Å². The lowest BCUT2D eigenvalue weighted by atomic mass is 9.97. The van der Waals surface area contributed by atoms with Crippen LogP contribution in [0.25, 0.3) is 0 Å². The molecule has 132 valence electrons. The summed E-state index contributed by atoms with van der Waals surface area (Å²) in [6.07, 6.45) is 11.0. The zero-order valence-electron chi connectivity index (χ0n) is 13.9. The normalized spacial score (nSPS) is 13.8. The number of nitrogens with two attached hydrogens (primary N) is 1. The summed E-state index contributed by atoms with van der Waals surface area (Å²) >= 11 is 0. The summed E-state index contributed by atoms with van der Waals surface area (Å²) in [5.41, 5.74) is 13.1. The first-order valence-corrected chi connectivity index (χ1v) is 8.36. The van der Waals surface area contributed by atoms with E-state index in [0.29, 0.717) is 17.3 Å². The third-order valence-corrected chi connectivity index (χ3v) is 4.05. The molecule has 2 aromatic rings. The van der Waals surface area contributed by atoms with Gasteiger partial charge in [0.15, 0.2) is 17.4 Å². The Morgan fingerprint density at radius 3 is 2.92 bits per heavy atom. The van der Waals surface area contributed by atoms with Crippen LogP contribution >= 0.6 is 0 Å². The van der Waals surface area contributed by atoms with Crippen molar-refractivity contribution in [3.8, 4) is 0 Å². The number of amides is 1. The molecule has 0 aromatic carbocycles. The maximum absolute atomic E-state index is 11.8. The number of hydrogen-bond donors (Lipinski definition) is 4.